The molecule has 0 bridgehead atoms. The highest BCUT2D eigenvalue weighted by Crippen LogP contribution is 2.37. The summed E-state index contributed by atoms with van der Waals surface area (Å²) in [7, 11) is 3.01. The van der Waals surface area contributed by atoms with Gasteiger partial charge in [0.25, 0.3) is 5.91 Å². The number of methoxy groups -OCH3 is 2. The number of benzene rings is 2. The summed E-state index contributed by atoms with van der Waals surface area (Å²) in [6.45, 7) is 0.674. The van der Waals surface area contributed by atoms with Gasteiger partial charge >= 0.3 is 0 Å². The van der Waals surface area contributed by atoms with Crippen LogP contribution in [0.3, 0.4) is 0 Å². The van der Waals surface area contributed by atoms with Crippen LogP contribution < -0.4 is 25.0 Å². The molecular formula is C28H31N3O6S. The highest BCUT2D eigenvalue weighted by atomic mass is 32.1. The van der Waals surface area contributed by atoms with E-state index in [-0.39, 0.29) is 24.5 Å². The van der Waals surface area contributed by atoms with Crippen LogP contribution in [0.5, 0.6) is 11.5 Å². The molecular weight excluding hydrogens is 506 g/mol. The third kappa shape index (κ3) is 6.51. The van der Waals surface area contributed by atoms with Gasteiger partial charge in [-0.25, -0.2) is 0 Å². The number of hydrogen-bond donors (Lipinski definition) is 2. The Labute approximate surface area is 225 Å². The van der Waals surface area contributed by atoms with Gasteiger partial charge in [0, 0.05) is 19.2 Å². The molecule has 9 nitrogen and oxygen atoms in total. The Morgan fingerprint density at radius 1 is 1.05 bits per heavy atom. The Kier molecular flexibility index (Phi) is 9.34. The molecule has 3 amide bonds. The van der Waals surface area contributed by atoms with Crippen LogP contribution in [0.4, 0.5) is 5.69 Å². The molecule has 1 saturated heterocycles. The van der Waals surface area contributed by atoms with E-state index >= 15 is 0 Å². The van der Waals surface area contributed by atoms with E-state index in [1.807, 2.05) is 18.2 Å². The predicted octanol–water partition coefficient (Wildman–Crippen LogP) is 3.56. The standard InChI is InChI=1S/C28H31N3O6S/c1-35-20-12-13-22(23(16-20)36-2)31(25(32)18-30-27(33)24-11-7-15-38-24)26(19-8-4-3-5-9-19)28(34)29-17-21-10-6-14-37-21/h3-5,7-9,11-13,15-16,21,26H,6,10,14,17-18H2,1-2H3,(H,29,34)(H,30,33)/t21-,26+/m0/s1. The Morgan fingerprint density at radius 2 is 1.87 bits per heavy atom. The number of anilines is 1. The van der Waals surface area contributed by atoms with E-state index in [1.54, 1.807) is 47.8 Å². The van der Waals surface area contributed by atoms with Crippen LogP contribution >= 0.6 is 11.3 Å². The van der Waals surface area contributed by atoms with Crippen LogP contribution in [0.25, 0.3) is 0 Å². The largest absolute Gasteiger partial charge is 0.497 e. The fourth-order valence-electron chi connectivity index (χ4n) is 4.31. The number of nitrogens with zero attached hydrogens (tertiary/aromatic N) is 1. The number of rotatable bonds is 11. The van der Waals surface area contributed by atoms with Gasteiger partial charge < -0.3 is 24.8 Å². The third-order valence-corrected chi connectivity index (χ3v) is 7.08. The maximum Gasteiger partial charge on any atom is 0.261 e. The van der Waals surface area contributed by atoms with Crippen molar-refractivity contribution < 1.29 is 28.6 Å². The van der Waals surface area contributed by atoms with Crippen molar-refractivity contribution in [1.29, 1.82) is 0 Å². The van der Waals surface area contributed by atoms with Crippen molar-refractivity contribution in [3.8, 4) is 11.5 Å². The Morgan fingerprint density at radius 3 is 2.53 bits per heavy atom. The predicted molar refractivity (Wildman–Crippen MR) is 145 cm³/mol. The zero-order chi connectivity index (χ0) is 26.9. The zero-order valence-electron chi connectivity index (χ0n) is 21.3. The van der Waals surface area contributed by atoms with Crippen molar-refractivity contribution in [2.45, 2.75) is 25.0 Å². The molecule has 1 aromatic heterocycles. The Hall–Kier alpha value is -3.89. The first-order valence-electron chi connectivity index (χ1n) is 12.3. The van der Waals surface area contributed by atoms with Crippen LogP contribution in [0.15, 0.2) is 66.0 Å². The lowest BCUT2D eigenvalue weighted by molar-refractivity contribution is -0.126. The van der Waals surface area contributed by atoms with E-state index in [4.69, 9.17) is 14.2 Å². The lowest BCUT2D eigenvalue weighted by Crippen LogP contribution is -2.48. The monoisotopic (exact) mass is 537 g/mol. The number of nitrogens with one attached hydrogen (secondary N) is 2. The number of ether oxygens (including phenoxy) is 3. The molecule has 0 unspecified atom stereocenters. The molecule has 2 aromatic carbocycles. The molecule has 10 heteroatoms. The SMILES string of the molecule is COc1ccc(N(C(=O)CNC(=O)c2cccs2)[C@@H](C(=O)NC[C@@H]2CCCO2)c2ccccc2)c(OC)c1. The summed E-state index contributed by atoms with van der Waals surface area (Å²) in [5, 5.41) is 7.43. The van der Waals surface area contributed by atoms with Gasteiger partial charge in [-0.05, 0) is 42.0 Å². The Balaban J connectivity index is 1.70. The molecule has 1 fully saturated rings. The van der Waals surface area contributed by atoms with Crippen molar-refractivity contribution >= 4 is 34.7 Å². The van der Waals surface area contributed by atoms with Gasteiger partial charge in [-0.2, -0.15) is 0 Å². The quantitative estimate of drug-likeness (QED) is 0.388. The zero-order valence-corrected chi connectivity index (χ0v) is 22.2. The average molecular weight is 538 g/mol. The number of thiophene rings is 1. The molecule has 1 aliphatic heterocycles. The lowest BCUT2D eigenvalue weighted by atomic mass is 10.0. The molecule has 2 N–H and O–H groups in total. The maximum absolute atomic E-state index is 13.8. The van der Waals surface area contributed by atoms with Crippen LogP contribution in [0.2, 0.25) is 0 Å². The second-order valence-corrected chi connectivity index (χ2v) is 9.60. The van der Waals surface area contributed by atoms with Gasteiger partial charge in [-0.15, -0.1) is 11.3 Å². The lowest BCUT2D eigenvalue weighted by Gasteiger charge is -2.33. The number of carbonyl (C=O) groups is 3. The summed E-state index contributed by atoms with van der Waals surface area (Å²) < 4.78 is 16.6. The fourth-order valence-corrected chi connectivity index (χ4v) is 4.95. The fraction of sp³-hybridized carbons (Fsp3) is 0.321. The highest BCUT2D eigenvalue weighted by molar-refractivity contribution is 7.12. The van der Waals surface area contributed by atoms with E-state index in [2.05, 4.69) is 10.6 Å². The van der Waals surface area contributed by atoms with E-state index < -0.39 is 11.9 Å². The normalized spacial score (nSPS) is 15.4. The van der Waals surface area contributed by atoms with Crippen molar-refractivity contribution in [2.24, 2.45) is 0 Å². The number of hydrogen-bond acceptors (Lipinski definition) is 7. The first-order chi connectivity index (χ1) is 18.5. The molecule has 2 heterocycles. The van der Waals surface area contributed by atoms with Crippen LogP contribution in [-0.4, -0.2) is 57.7 Å². The number of carbonyl (C=O) groups excluding carboxylic acids is 3. The first kappa shape index (κ1) is 27.2. The van der Waals surface area contributed by atoms with Gasteiger partial charge in [0.1, 0.15) is 17.5 Å². The molecule has 0 saturated carbocycles. The van der Waals surface area contributed by atoms with E-state index in [0.29, 0.717) is 40.8 Å². The molecule has 3 aromatic rings. The first-order valence-corrected chi connectivity index (χ1v) is 13.2. The summed E-state index contributed by atoms with van der Waals surface area (Å²) in [5.74, 6) is -0.352. The van der Waals surface area contributed by atoms with E-state index in [0.717, 1.165) is 12.8 Å². The molecule has 4 rings (SSSR count). The minimum Gasteiger partial charge on any atom is -0.497 e. The minimum absolute atomic E-state index is 0.0693. The van der Waals surface area contributed by atoms with Crippen LogP contribution in [0.1, 0.15) is 34.1 Å². The van der Waals surface area contributed by atoms with Crippen molar-refractivity contribution in [3.05, 3.63) is 76.5 Å². The summed E-state index contributed by atoms with van der Waals surface area (Å²) in [6, 6.07) is 16.4. The third-order valence-electron chi connectivity index (χ3n) is 6.21. The molecule has 0 radical (unpaired) electrons. The van der Waals surface area contributed by atoms with Crippen LogP contribution in [-0.2, 0) is 14.3 Å². The Bertz CT molecular complexity index is 1230. The topological polar surface area (TPSA) is 106 Å². The van der Waals surface area contributed by atoms with Crippen molar-refractivity contribution in [2.75, 3.05) is 38.8 Å². The molecule has 2 atom stereocenters. The summed E-state index contributed by atoms with van der Waals surface area (Å²) in [4.78, 5) is 42.0. The van der Waals surface area contributed by atoms with E-state index in [1.165, 1.54) is 30.5 Å². The summed E-state index contributed by atoms with van der Waals surface area (Å²) >= 11 is 1.28. The average Bonchev–Trinajstić information content (AvgIpc) is 3.68. The second kappa shape index (κ2) is 13.1. The molecule has 200 valence electrons. The van der Waals surface area contributed by atoms with Gasteiger partial charge in [-0.3, -0.25) is 19.3 Å². The second-order valence-electron chi connectivity index (χ2n) is 8.65. The van der Waals surface area contributed by atoms with Gasteiger partial charge in [0.2, 0.25) is 11.8 Å². The molecule has 38 heavy (non-hydrogen) atoms. The van der Waals surface area contributed by atoms with Gasteiger partial charge in [0.05, 0.1) is 37.4 Å². The van der Waals surface area contributed by atoms with Crippen LogP contribution in [0, 0.1) is 0 Å². The van der Waals surface area contributed by atoms with Crippen molar-refractivity contribution in [3.63, 3.8) is 0 Å². The molecule has 1 aliphatic rings. The van der Waals surface area contributed by atoms with E-state index in [9.17, 15) is 14.4 Å². The highest BCUT2D eigenvalue weighted by Gasteiger charge is 2.35. The van der Waals surface area contributed by atoms with Gasteiger partial charge in [0.15, 0.2) is 0 Å². The molecule has 0 aliphatic carbocycles. The summed E-state index contributed by atoms with van der Waals surface area (Å²) in [6.07, 6.45) is 1.74. The van der Waals surface area contributed by atoms with Gasteiger partial charge in [-0.1, -0.05) is 36.4 Å². The number of amides is 3. The minimum atomic E-state index is -1.04. The van der Waals surface area contributed by atoms with Crippen molar-refractivity contribution in [1.82, 2.24) is 10.6 Å². The molecule has 0 spiro atoms. The maximum atomic E-state index is 13.8. The summed E-state index contributed by atoms with van der Waals surface area (Å²) in [5.41, 5.74) is 0.970. The smallest absolute Gasteiger partial charge is 0.261 e.